The van der Waals surface area contributed by atoms with Crippen molar-refractivity contribution in [2.45, 2.75) is 45.1 Å². The quantitative estimate of drug-likeness (QED) is 0.569. The van der Waals surface area contributed by atoms with Crippen molar-refractivity contribution in [3.05, 3.63) is 35.6 Å². The van der Waals surface area contributed by atoms with Crippen LogP contribution < -0.4 is 10.6 Å². The highest BCUT2D eigenvalue weighted by atomic mass is 19.1. The maximum atomic E-state index is 12.8. The highest BCUT2D eigenvalue weighted by molar-refractivity contribution is 5.94. The van der Waals surface area contributed by atoms with Crippen LogP contribution in [0.4, 0.5) is 4.39 Å². The third kappa shape index (κ3) is 7.21. The van der Waals surface area contributed by atoms with Gasteiger partial charge in [-0.05, 0) is 37.1 Å². The van der Waals surface area contributed by atoms with Crippen LogP contribution in [0.3, 0.4) is 0 Å². The first-order chi connectivity index (χ1) is 11.4. The zero-order chi connectivity index (χ0) is 17.9. The summed E-state index contributed by atoms with van der Waals surface area (Å²) in [6.45, 7) is 2.22. The van der Waals surface area contributed by atoms with E-state index in [1.807, 2.05) is 6.92 Å². The maximum absolute atomic E-state index is 12.8. The topological polar surface area (TPSA) is 95.5 Å². The van der Waals surface area contributed by atoms with E-state index in [9.17, 15) is 18.8 Å². The molecule has 0 aliphatic rings. The molecule has 0 aliphatic carbocycles. The van der Waals surface area contributed by atoms with Crippen molar-refractivity contribution >= 4 is 17.8 Å². The molecule has 0 saturated heterocycles. The molecule has 7 heteroatoms. The summed E-state index contributed by atoms with van der Waals surface area (Å²) in [7, 11) is 0. The van der Waals surface area contributed by atoms with Gasteiger partial charge in [0.1, 0.15) is 11.9 Å². The van der Waals surface area contributed by atoms with Crippen LogP contribution in [0.15, 0.2) is 24.3 Å². The van der Waals surface area contributed by atoms with Crippen LogP contribution >= 0.6 is 0 Å². The molecule has 1 aromatic carbocycles. The van der Waals surface area contributed by atoms with E-state index < -0.39 is 17.8 Å². The Morgan fingerprint density at radius 1 is 1.17 bits per heavy atom. The average Bonchev–Trinajstić information content (AvgIpc) is 2.55. The summed E-state index contributed by atoms with van der Waals surface area (Å²) < 4.78 is 12.8. The first-order valence-corrected chi connectivity index (χ1v) is 8.00. The second-order valence-electron chi connectivity index (χ2n) is 5.47. The molecule has 0 heterocycles. The lowest BCUT2D eigenvalue weighted by Gasteiger charge is -2.14. The first-order valence-electron chi connectivity index (χ1n) is 8.00. The van der Waals surface area contributed by atoms with E-state index in [2.05, 4.69) is 10.6 Å². The van der Waals surface area contributed by atoms with Gasteiger partial charge in [-0.1, -0.05) is 19.8 Å². The number of rotatable bonds is 10. The number of nitrogens with one attached hydrogen (secondary N) is 2. The average molecular weight is 338 g/mol. The highest BCUT2D eigenvalue weighted by Crippen LogP contribution is 2.03. The minimum atomic E-state index is -1.04. The zero-order valence-corrected chi connectivity index (χ0v) is 13.7. The molecule has 0 unspecified atom stereocenters. The number of aliphatic carboxylic acids is 1. The van der Waals surface area contributed by atoms with Crippen molar-refractivity contribution in [3.63, 3.8) is 0 Å². The predicted octanol–water partition coefficient (Wildman–Crippen LogP) is 2.10. The van der Waals surface area contributed by atoms with Gasteiger partial charge in [-0.15, -0.1) is 0 Å². The number of halogens is 1. The van der Waals surface area contributed by atoms with Gasteiger partial charge in [-0.25, -0.2) is 9.18 Å². The summed E-state index contributed by atoms with van der Waals surface area (Å²) in [6, 6.07) is 4.28. The van der Waals surface area contributed by atoms with Crippen molar-refractivity contribution in [2.75, 3.05) is 6.54 Å². The number of benzene rings is 1. The monoisotopic (exact) mass is 338 g/mol. The van der Waals surface area contributed by atoms with Crippen molar-refractivity contribution in [2.24, 2.45) is 0 Å². The molecule has 0 saturated carbocycles. The number of amides is 2. The smallest absolute Gasteiger partial charge is 0.326 e. The molecule has 3 N–H and O–H groups in total. The van der Waals surface area contributed by atoms with E-state index in [4.69, 9.17) is 5.11 Å². The van der Waals surface area contributed by atoms with Crippen LogP contribution in [0.1, 0.15) is 49.4 Å². The molecule has 2 amide bonds. The summed E-state index contributed by atoms with van der Waals surface area (Å²) >= 11 is 0. The Bertz CT molecular complexity index is 560. The van der Waals surface area contributed by atoms with E-state index in [0.29, 0.717) is 18.4 Å². The molecule has 0 aliphatic heterocycles. The molecular weight excluding hydrogens is 315 g/mol. The number of carbonyl (C=O) groups is 3. The molecule has 0 aromatic heterocycles. The van der Waals surface area contributed by atoms with Crippen LogP contribution in [0.2, 0.25) is 0 Å². The van der Waals surface area contributed by atoms with Crippen LogP contribution in [-0.4, -0.2) is 35.5 Å². The standard InChI is InChI=1S/C17H23FN2O4/c1-2-3-5-14(17(23)24)20-15(21)6-4-11-19-16(22)12-7-9-13(18)10-8-12/h7-10,14H,2-6,11H2,1H3,(H,19,22)(H,20,21)(H,23,24)/t14-/m0/s1. The fourth-order valence-corrected chi connectivity index (χ4v) is 2.09. The Hall–Kier alpha value is -2.44. The summed E-state index contributed by atoms with van der Waals surface area (Å²) in [6.07, 6.45) is 2.50. The number of hydrogen-bond acceptors (Lipinski definition) is 3. The number of unbranched alkanes of at least 4 members (excludes halogenated alkanes) is 1. The normalized spacial score (nSPS) is 11.6. The number of carbonyl (C=O) groups excluding carboxylic acids is 2. The lowest BCUT2D eigenvalue weighted by Crippen LogP contribution is -2.40. The minimum Gasteiger partial charge on any atom is -0.480 e. The number of carboxylic acids is 1. The first kappa shape index (κ1) is 19.6. The summed E-state index contributed by atoms with van der Waals surface area (Å²) in [5.41, 5.74) is 0.339. The Morgan fingerprint density at radius 3 is 2.42 bits per heavy atom. The van der Waals surface area contributed by atoms with E-state index in [0.717, 1.165) is 12.8 Å². The Kier molecular flexibility index (Phi) is 8.46. The summed E-state index contributed by atoms with van der Waals surface area (Å²) in [4.78, 5) is 34.6. The second-order valence-corrected chi connectivity index (χ2v) is 5.47. The predicted molar refractivity (Wildman–Crippen MR) is 87.1 cm³/mol. The molecule has 6 nitrogen and oxygen atoms in total. The molecule has 1 rings (SSSR count). The summed E-state index contributed by atoms with van der Waals surface area (Å²) in [5.74, 6) is -2.16. The van der Waals surface area contributed by atoms with Crippen LogP contribution in [0.25, 0.3) is 0 Å². The van der Waals surface area contributed by atoms with E-state index >= 15 is 0 Å². The third-order valence-electron chi connectivity index (χ3n) is 3.45. The van der Waals surface area contributed by atoms with Gasteiger partial charge in [-0.3, -0.25) is 9.59 Å². The zero-order valence-electron chi connectivity index (χ0n) is 13.7. The van der Waals surface area contributed by atoms with Gasteiger partial charge in [-0.2, -0.15) is 0 Å². The van der Waals surface area contributed by atoms with E-state index in [-0.39, 0.29) is 24.8 Å². The molecule has 0 fully saturated rings. The van der Waals surface area contributed by atoms with Crippen molar-refractivity contribution in [3.8, 4) is 0 Å². The molecule has 1 aromatic rings. The maximum Gasteiger partial charge on any atom is 0.326 e. The fraction of sp³-hybridized carbons (Fsp3) is 0.471. The minimum absolute atomic E-state index is 0.125. The number of carboxylic acid groups (broad SMARTS) is 1. The van der Waals surface area contributed by atoms with Crippen LogP contribution in [0.5, 0.6) is 0 Å². The van der Waals surface area contributed by atoms with Crippen molar-refractivity contribution < 1.29 is 23.9 Å². The molecular formula is C17H23FN2O4. The second kappa shape index (κ2) is 10.4. The van der Waals surface area contributed by atoms with Crippen molar-refractivity contribution in [1.29, 1.82) is 0 Å². The third-order valence-corrected chi connectivity index (χ3v) is 3.45. The SMILES string of the molecule is CCCC[C@H](NC(=O)CCCNC(=O)c1ccc(F)cc1)C(=O)O. The van der Waals surface area contributed by atoms with Gasteiger partial charge in [0.25, 0.3) is 5.91 Å². The van der Waals surface area contributed by atoms with E-state index in [1.54, 1.807) is 0 Å². The Balaban J connectivity index is 2.28. The molecule has 1 atom stereocenters. The fourth-order valence-electron chi connectivity index (χ4n) is 2.09. The molecule has 0 spiro atoms. The molecule has 132 valence electrons. The van der Waals surface area contributed by atoms with Crippen LogP contribution in [-0.2, 0) is 9.59 Å². The van der Waals surface area contributed by atoms with Gasteiger partial charge in [0.2, 0.25) is 5.91 Å². The largest absolute Gasteiger partial charge is 0.480 e. The van der Waals surface area contributed by atoms with Gasteiger partial charge < -0.3 is 15.7 Å². The summed E-state index contributed by atoms with van der Waals surface area (Å²) in [5, 5.41) is 14.2. The highest BCUT2D eigenvalue weighted by Gasteiger charge is 2.18. The van der Waals surface area contributed by atoms with Crippen LogP contribution in [0, 0.1) is 5.82 Å². The van der Waals surface area contributed by atoms with Gasteiger partial charge in [0.15, 0.2) is 0 Å². The van der Waals surface area contributed by atoms with Crippen molar-refractivity contribution in [1.82, 2.24) is 10.6 Å². The Morgan fingerprint density at radius 2 is 1.83 bits per heavy atom. The van der Waals surface area contributed by atoms with E-state index in [1.165, 1.54) is 24.3 Å². The van der Waals surface area contributed by atoms with Gasteiger partial charge >= 0.3 is 5.97 Å². The number of hydrogen-bond donors (Lipinski definition) is 3. The lowest BCUT2D eigenvalue weighted by atomic mass is 10.1. The molecule has 0 radical (unpaired) electrons. The Labute approximate surface area is 140 Å². The van der Waals surface area contributed by atoms with Gasteiger partial charge in [0, 0.05) is 18.5 Å². The molecule has 24 heavy (non-hydrogen) atoms. The molecule has 0 bridgehead atoms. The lowest BCUT2D eigenvalue weighted by molar-refractivity contribution is -0.142. The van der Waals surface area contributed by atoms with Gasteiger partial charge in [0.05, 0.1) is 0 Å².